The molecule has 1 aliphatic rings. The van der Waals surface area contributed by atoms with E-state index >= 15 is 0 Å². The molecule has 8 heteroatoms. The van der Waals surface area contributed by atoms with Gasteiger partial charge < -0.3 is 10.4 Å². The lowest BCUT2D eigenvalue weighted by molar-refractivity contribution is 0.102. The Morgan fingerprint density at radius 3 is 2.41 bits per heavy atom. The molecule has 0 spiro atoms. The Hall–Kier alpha value is -1.90. The number of aromatic hydroxyl groups is 1. The molecule has 6 nitrogen and oxygen atoms in total. The molecule has 0 aliphatic carbocycles. The highest BCUT2D eigenvalue weighted by Gasteiger charge is 2.28. The Balaban J connectivity index is 1.88. The molecule has 2 aromatic carbocycles. The van der Waals surface area contributed by atoms with Gasteiger partial charge in [0.2, 0.25) is 10.0 Å². The third-order valence-corrected chi connectivity index (χ3v) is 7.37. The first-order valence-corrected chi connectivity index (χ1v) is 11.0. The Kier molecular flexibility index (Phi) is 6.18. The van der Waals surface area contributed by atoms with Crippen LogP contribution in [0.15, 0.2) is 51.8 Å². The summed E-state index contributed by atoms with van der Waals surface area (Å²) in [6.45, 7) is 0.989. The van der Waals surface area contributed by atoms with E-state index in [-0.39, 0.29) is 16.2 Å². The molecule has 1 amide bonds. The number of anilines is 1. The van der Waals surface area contributed by atoms with Crippen molar-refractivity contribution in [1.82, 2.24) is 4.31 Å². The molecule has 144 valence electrons. The van der Waals surface area contributed by atoms with Gasteiger partial charge in [-0.3, -0.25) is 4.79 Å². The first-order valence-electron chi connectivity index (χ1n) is 8.78. The SMILES string of the molecule is O=C(Nc1cccc(O)c1)c1ccc(Br)c(S(=O)(=O)N2CCCCCC2)c1. The predicted molar refractivity (Wildman–Crippen MR) is 107 cm³/mol. The smallest absolute Gasteiger partial charge is 0.255 e. The second-order valence-corrected chi connectivity index (χ2v) is 9.23. The van der Waals surface area contributed by atoms with Gasteiger partial charge in [-0.15, -0.1) is 0 Å². The molecule has 0 aromatic heterocycles. The summed E-state index contributed by atoms with van der Waals surface area (Å²) >= 11 is 3.31. The molecule has 0 unspecified atom stereocenters. The van der Waals surface area contributed by atoms with E-state index < -0.39 is 15.9 Å². The molecule has 2 aromatic rings. The fraction of sp³-hybridized carbons (Fsp3) is 0.316. The van der Waals surface area contributed by atoms with Crippen molar-refractivity contribution in [3.05, 3.63) is 52.5 Å². The first-order chi connectivity index (χ1) is 12.9. The number of benzene rings is 2. The largest absolute Gasteiger partial charge is 0.508 e. The van der Waals surface area contributed by atoms with Gasteiger partial charge in [0.05, 0.1) is 4.90 Å². The lowest BCUT2D eigenvalue weighted by Crippen LogP contribution is -2.32. The molecule has 1 saturated heterocycles. The Morgan fingerprint density at radius 2 is 1.74 bits per heavy atom. The lowest BCUT2D eigenvalue weighted by Gasteiger charge is -2.21. The molecular formula is C19H21BrN2O4S. The zero-order chi connectivity index (χ0) is 19.4. The van der Waals surface area contributed by atoms with Crippen molar-refractivity contribution >= 4 is 37.5 Å². The number of phenols is 1. The molecule has 0 atom stereocenters. The third kappa shape index (κ3) is 4.69. The number of nitrogens with zero attached hydrogens (tertiary/aromatic N) is 1. The molecular weight excluding hydrogens is 432 g/mol. The molecule has 0 saturated carbocycles. The number of carbonyl (C=O) groups is 1. The molecule has 0 radical (unpaired) electrons. The van der Waals surface area contributed by atoms with Crippen LogP contribution in [0.3, 0.4) is 0 Å². The highest BCUT2D eigenvalue weighted by molar-refractivity contribution is 9.10. The van der Waals surface area contributed by atoms with E-state index in [1.54, 1.807) is 24.3 Å². The molecule has 0 bridgehead atoms. The summed E-state index contributed by atoms with van der Waals surface area (Å²) in [5.41, 5.74) is 0.662. The monoisotopic (exact) mass is 452 g/mol. The van der Waals surface area contributed by atoms with Crippen molar-refractivity contribution in [2.45, 2.75) is 30.6 Å². The average molecular weight is 453 g/mol. The highest BCUT2D eigenvalue weighted by atomic mass is 79.9. The second-order valence-electron chi connectivity index (χ2n) is 6.47. The van der Waals surface area contributed by atoms with E-state index in [1.807, 2.05) is 0 Å². The van der Waals surface area contributed by atoms with Crippen LogP contribution in [0.5, 0.6) is 5.75 Å². The predicted octanol–water partition coefficient (Wildman–Crippen LogP) is 3.97. The van der Waals surface area contributed by atoms with Crippen LogP contribution in [0.2, 0.25) is 0 Å². The Labute approximate surface area is 167 Å². The fourth-order valence-corrected chi connectivity index (χ4v) is 5.52. The number of hydrogen-bond donors (Lipinski definition) is 2. The maximum absolute atomic E-state index is 13.1. The minimum Gasteiger partial charge on any atom is -0.508 e. The van der Waals surface area contributed by atoms with Crippen molar-refractivity contribution in [2.75, 3.05) is 18.4 Å². The minimum absolute atomic E-state index is 0.0352. The summed E-state index contributed by atoms with van der Waals surface area (Å²) in [6.07, 6.45) is 3.74. The van der Waals surface area contributed by atoms with E-state index in [2.05, 4.69) is 21.2 Å². The van der Waals surface area contributed by atoms with Gasteiger partial charge in [-0.2, -0.15) is 4.31 Å². The third-order valence-electron chi connectivity index (χ3n) is 4.48. The van der Waals surface area contributed by atoms with Crippen molar-refractivity contribution in [3.63, 3.8) is 0 Å². The zero-order valence-electron chi connectivity index (χ0n) is 14.7. The molecule has 1 aliphatic heterocycles. The number of sulfonamides is 1. The van der Waals surface area contributed by atoms with E-state index in [4.69, 9.17) is 0 Å². The van der Waals surface area contributed by atoms with Crippen LogP contribution in [-0.2, 0) is 10.0 Å². The summed E-state index contributed by atoms with van der Waals surface area (Å²) in [5.74, 6) is -0.409. The van der Waals surface area contributed by atoms with Gasteiger partial charge in [0, 0.05) is 34.9 Å². The maximum atomic E-state index is 13.1. The van der Waals surface area contributed by atoms with Gasteiger partial charge in [-0.05, 0) is 59.1 Å². The van der Waals surface area contributed by atoms with E-state index in [0.29, 0.717) is 23.2 Å². The van der Waals surface area contributed by atoms with Crippen LogP contribution < -0.4 is 5.32 Å². The summed E-state index contributed by atoms with van der Waals surface area (Å²) < 4.78 is 28.1. The van der Waals surface area contributed by atoms with E-state index in [9.17, 15) is 18.3 Å². The standard InChI is InChI=1S/C19H21BrN2O4S/c20-17-9-8-14(19(24)21-15-6-5-7-16(23)13-15)12-18(17)27(25,26)22-10-3-1-2-4-11-22/h5-9,12-13,23H,1-4,10-11H2,(H,21,24). The number of nitrogens with one attached hydrogen (secondary N) is 1. The molecule has 2 N–H and O–H groups in total. The van der Waals surface area contributed by atoms with Crippen LogP contribution in [-0.4, -0.2) is 36.8 Å². The number of halogens is 1. The van der Waals surface area contributed by atoms with Crippen molar-refractivity contribution in [2.24, 2.45) is 0 Å². The fourth-order valence-electron chi connectivity index (χ4n) is 3.05. The van der Waals surface area contributed by atoms with Gasteiger partial charge in [-0.25, -0.2) is 8.42 Å². The number of phenolic OH excluding ortho intramolecular Hbond substituents is 1. The molecule has 1 fully saturated rings. The van der Waals surface area contributed by atoms with Gasteiger partial charge in [0.1, 0.15) is 5.75 Å². The summed E-state index contributed by atoms with van der Waals surface area (Å²) in [6, 6.07) is 10.7. The number of rotatable bonds is 4. The van der Waals surface area contributed by atoms with Crippen molar-refractivity contribution in [1.29, 1.82) is 0 Å². The van der Waals surface area contributed by atoms with Crippen molar-refractivity contribution < 1.29 is 18.3 Å². The first kappa shape index (κ1) is 19.9. The topological polar surface area (TPSA) is 86.7 Å². The highest BCUT2D eigenvalue weighted by Crippen LogP contribution is 2.28. The van der Waals surface area contributed by atoms with Crippen molar-refractivity contribution in [3.8, 4) is 5.75 Å². The minimum atomic E-state index is -3.69. The second kappa shape index (κ2) is 8.41. The van der Waals surface area contributed by atoms with Crippen LogP contribution in [0, 0.1) is 0 Å². The van der Waals surface area contributed by atoms with Gasteiger partial charge in [0.25, 0.3) is 5.91 Å². The number of amides is 1. The van der Waals surface area contributed by atoms with Crippen LogP contribution >= 0.6 is 15.9 Å². The number of carbonyl (C=O) groups excluding carboxylic acids is 1. The van der Waals surface area contributed by atoms with Crippen LogP contribution in [0.25, 0.3) is 0 Å². The van der Waals surface area contributed by atoms with Gasteiger partial charge >= 0.3 is 0 Å². The average Bonchev–Trinajstić information content (AvgIpc) is 2.92. The summed E-state index contributed by atoms with van der Waals surface area (Å²) in [7, 11) is -3.69. The molecule has 3 rings (SSSR count). The Bertz CT molecular complexity index is 938. The Morgan fingerprint density at radius 1 is 1.04 bits per heavy atom. The maximum Gasteiger partial charge on any atom is 0.255 e. The van der Waals surface area contributed by atoms with E-state index in [0.717, 1.165) is 25.7 Å². The summed E-state index contributed by atoms with van der Waals surface area (Å²) in [4.78, 5) is 12.6. The van der Waals surface area contributed by atoms with E-state index in [1.165, 1.54) is 22.5 Å². The lowest BCUT2D eigenvalue weighted by atomic mass is 10.2. The normalized spacial score (nSPS) is 15.9. The van der Waals surface area contributed by atoms with Crippen LogP contribution in [0.1, 0.15) is 36.0 Å². The van der Waals surface area contributed by atoms with Gasteiger partial charge in [0.15, 0.2) is 0 Å². The number of hydrogen-bond acceptors (Lipinski definition) is 4. The summed E-state index contributed by atoms with van der Waals surface area (Å²) in [5, 5.41) is 12.2. The van der Waals surface area contributed by atoms with Gasteiger partial charge in [-0.1, -0.05) is 18.9 Å². The van der Waals surface area contributed by atoms with Crippen LogP contribution in [0.4, 0.5) is 5.69 Å². The molecule has 1 heterocycles. The molecule has 27 heavy (non-hydrogen) atoms. The quantitative estimate of drug-likeness (QED) is 0.734. The zero-order valence-corrected chi connectivity index (χ0v) is 17.1.